The van der Waals surface area contributed by atoms with E-state index in [9.17, 15) is 0 Å². The average Bonchev–Trinajstić information content (AvgIpc) is 3.78. The van der Waals surface area contributed by atoms with Crippen molar-refractivity contribution >= 4 is 91.9 Å². The van der Waals surface area contributed by atoms with Gasteiger partial charge in [0, 0.05) is 47.7 Å². The predicted molar refractivity (Wildman–Crippen MR) is 229 cm³/mol. The van der Waals surface area contributed by atoms with Gasteiger partial charge in [0.05, 0.1) is 22.4 Å². The molecule has 0 spiro atoms. The third kappa shape index (κ3) is 4.64. The summed E-state index contributed by atoms with van der Waals surface area (Å²) < 4.78 is 5.02. The standard InChI is InChI=1S/C50H32N2S/c1-3-14-33(15-4-1)37-30-31-45(40-21-10-9-20-39(37)40)52(46-24-13-25-48-49(46)43-28-26-34-16-7-8-19-38(34)50(43)53-48)36-27-29-42-41-22-11-12-23-44(41)51(47(42)32-36)35-17-5-2-6-18-35/h1-32H. The SMILES string of the molecule is c1ccc(-c2ccc(N(c3ccc4c5ccccc5n(-c5ccccc5)c4c3)c3cccc4sc5c6ccccc6ccc5c34)c3ccccc23)cc1. The van der Waals surface area contributed by atoms with Gasteiger partial charge >= 0.3 is 0 Å². The molecular weight excluding hydrogens is 661 g/mol. The van der Waals surface area contributed by atoms with E-state index in [0.717, 1.165) is 17.1 Å². The van der Waals surface area contributed by atoms with Gasteiger partial charge in [0.15, 0.2) is 0 Å². The zero-order valence-electron chi connectivity index (χ0n) is 28.8. The highest BCUT2D eigenvalue weighted by atomic mass is 32.1. The summed E-state index contributed by atoms with van der Waals surface area (Å²) >= 11 is 1.89. The van der Waals surface area contributed by atoms with Crippen molar-refractivity contribution < 1.29 is 0 Å². The minimum Gasteiger partial charge on any atom is -0.309 e. The average molecular weight is 693 g/mol. The van der Waals surface area contributed by atoms with Gasteiger partial charge < -0.3 is 9.47 Å². The van der Waals surface area contributed by atoms with E-state index in [4.69, 9.17) is 0 Å². The monoisotopic (exact) mass is 692 g/mol. The van der Waals surface area contributed by atoms with Crippen LogP contribution in [0, 0.1) is 0 Å². The lowest BCUT2D eigenvalue weighted by Gasteiger charge is -2.28. The van der Waals surface area contributed by atoms with Crippen molar-refractivity contribution in [1.29, 1.82) is 0 Å². The molecule has 0 bridgehead atoms. The van der Waals surface area contributed by atoms with Gasteiger partial charge in [-0.1, -0.05) is 146 Å². The number of benzene rings is 9. The van der Waals surface area contributed by atoms with E-state index in [1.807, 2.05) is 11.3 Å². The molecule has 0 atom stereocenters. The van der Waals surface area contributed by atoms with Crippen LogP contribution in [-0.2, 0) is 0 Å². The number of hydrogen-bond donors (Lipinski definition) is 0. The summed E-state index contributed by atoms with van der Waals surface area (Å²) in [5.41, 5.74) is 9.41. The number of hydrogen-bond acceptors (Lipinski definition) is 2. The maximum atomic E-state index is 2.51. The normalized spacial score (nSPS) is 11.8. The molecule has 0 aliphatic carbocycles. The summed E-state index contributed by atoms with van der Waals surface area (Å²) in [6.07, 6.45) is 0. The fourth-order valence-corrected chi connectivity index (χ4v) is 9.69. The van der Waals surface area contributed by atoms with Gasteiger partial charge in [0.2, 0.25) is 0 Å². The van der Waals surface area contributed by atoms with E-state index in [2.05, 4.69) is 204 Å². The van der Waals surface area contributed by atoms with Crippen LogP contribution < -0.4 is 4.90 Å². The Kier molecular flexibility index (Phi) is 6.76. The molecule has 248 valence electrons. The summed E-state index contributed by atoms with van der Waals surface area (Å²) in [7, 11) is 0. The first-order valence-electron chi connectivity index (χ1n) is 18.1. The van der Waals surface area contributed by atoms with Crippen LogP contribution in [0.1, 0.15) is 0 Å². The number of aromatic nitrogens is 1. The summed E-state index contributed by atoms with van der Waals surface area (Å²) in [5.74, 6) is 0. The van der Waals surface area contributed by atoms with E-state index in [1.54, 1.807) is 0 Å². The highest BCUT2D eigenvalue weighted by Gasteiger charge is 2.23. The van der Waals surface area contributed by atoms with E-state index in [1.165, 1.54) is 80.3 Å². The Bertz CT molecular complexity index is 3170. The first-order chi connectivity index (χ1) is 26.3. The van der Waals surface area contributed by atoms with E-state index < -0.39 is 0 Å². The Morgan fingerprint density at radius 2 is 1.09 bits per heavy atom. The molecule has 0 fully saturated rings. The van der Waals surface area contributed by atoms with Crippen LogP contribution in [-0.4, -0.2) is 4.57 Å². The molecule has 53 heavy (non-hydrogen) atoms. The zero-order valence-corrected chi connectivity index (χ0v) is 29.6. The van der Waals surface area contributed by atoms with Crippen molar-refractivity contribution in [3.8, 4) is 16.8 Å². The van der Waals surface area contributed by atoms with Gasteiger partial charge in [-0.2, -0.15) is 0 Å². The van der Waals surface area contributed by atoms with Crippen molar-refractivity contribution in [3.05, 3.63) is 194 Å². The molecule has 0 amide bonds. The second kappa shape index (κ2) is 11.9. The lowest BCUT2D eigenvalue weighted by molar-refractivity contribution is 1.18. The summed E-state index contributed by atoms with van der Waals surface area (Å²) in [4.78, 5) is 2.51. The molecule has 11 rings (SSSR count). The first-order valence-corrected chi connectivity index (χ1v) is 18.9. The number of para-hydroxylation sites is 2. The van der Waals surface area contributed by atoms with Crippen molar-refractivity contribution in [2.45, 2.75) is 0 Å². The zero-order chi connectivity index (χ0) is 34.9. The van der Waals surface area contributed by atoms with E-state index >= 15 is 0 Å². The lowest BCUT2D eigenvalue weighted by Crippen LogP contribution is -2.11. The first kappa shape index (κ1) is 30.0. The number of rotatable bonds is 5. The Balaban J connectivity index is 1.25. The number of fused-ring (bicyclic) bond motifs is 9. The minimum absolute atomic E-state index is 1.11. The topological polar surface area (TPSA) is 8.17 Å². The molecule has 0 aliphatic heterocycles. The molecule has 3 heteroatoms. The number of thiophene rings is 1. The van der Waals surface area contributed by atoms with Crippen LogP contribution in [0.3, 0.4) is 0 Å². The smallest absolute Gasteiger partial charge is 0.0561 e. The highest BCUT2D eigenvalue weighted by molar-refractivity contribution is 7.26. The maximum absolute atomic E-state index is 2.51. The maximum Gasteiger partial charge on any atom is 0.0561 e. The third-order valence-electron chi connectivity index (χ3n) is 10.8. The van der Waals surface area contributed by atoms with Gasteiger partial charge in [-0.15, -0.1) is 11.3 Å². The summed E-state index contributed by atoms with van der Waals surface area (Å²) in [6.45, 7) is 0. The molecule has 9 aromatic carbocycles. The minimum atomic E-state index is 1.11. The highest BCUT2D eigenvalue weighted by Crippen LogP contribution is 2.49. The molecule has 0 N–H and O–H groups in total. The predicted octanol–water partition coefficient (Wildman–Crippen LogP) is 14.6. The van der Waals surface area contributed by atoms with Crippen LogP contribution in [0.4, 0.5) is 17.1 Å². The van der Waals surface area contributed by atoms with Crippen LogP contribution in [0.15, 0.2) is 194 Å². The lowest BCUT2D eigenvalue weighted by atomic mass is 9.96. The van der Waals surface area contributed by atoms with Crippen LogP contribution >= 0.6 is 11.3 Å². The molecule has 0 unspecified atom stereocenters. The molecular formula is C50H32N2S. The molecule has 0 saturated carbocycles. The second-order valence-corrected chi connectivity index (χ2v) is 14.7. The fourth-order valence-electron chi connectivity index (χ4n) is 8.43. The molecule has 2 nitrogen and oxygen atoms in total. The van der Waals surface area contributed by atoms with Gasteiger partial charge in [0.1, 0.15) is 0 Å². The van der Waals surface area contributed by atoms with Gasteiger partial charge in [-0.3, -0.25) is 0 Å². The van der Waals surface area contributed by atoms with Crippen LogP contribution in [0.25, 0.3) is 80.3 Å². The van der Waals surface area contributed by atoms with Gasteiger partial charge in [-0.05, 0) is 75.8 Å². The van der Waals surface area contributed by atoms with Crippen LogP contribution in [0.5, 0.6) is 0 Å². The van der Waals surface area contributed by atoms with E-state index in [0.29, 0.717) is 0 Å². The van der Waals surface area contributed by atoms with Crippen molar-refractivity contribution in [1.82, 2.24) is 4.57 Å². The molecule has 0 aliphatic rings. The number of nitrogens with zero attached hydrogens (tertiary/aromatic N) is 2. The summed E-state index contributed by atoms with van der Waals surface area (Å²) in [5, 5.41) is 10.1. The molecule has 0 saturated heterocycles. The van der Waals surface area contributed by atoms with E-state index in [-0.39, 0.29) is 0 Å². The van der Waals surface area contributed by atoms with Gasteiger partial charge in [0.25, 0.3) is 0 Å². The fraction of sp³-hybridized carbons (Fsp3) is 0. The van der Waals surface area contributed by atoms with Crippen LogP contribution in [0.2, 0.25) is 0 Å². The Morgan fingerprint density at radius 1 is 0.415 bits per heavy atom. The van der Waals surface area contributed by atoms with Crippen molar-refractivity contribution in [3.63, 3.8) is 0 Å². The quantitative estimate of drug-likeness (QED) is 0.174. The van der Waals surface area contributed by atoms with Crippen molar-refractivity contribution in [2.75, 3.05) is 4.90 Å². The molecule has 2 heterocycles. The Labute approximate surface area is 311 Å². The second-order valence-electron chi connectivity index (χ2n) is 13.7. The largest absolute Gasteiger partial charge is 0.309 e. The molecule has 2 aromatic heterocycles. The van der Waals surface area contributed by atoms with Gasteiger partial charge in [-0.25, -0.2) is 0 Å². The van der Waals surface area contributed by atoms with Crippen molar-refractivity contribution in [2.24, 2.45) is 0 Å². The third-order valence-corrected chi connectivity index (χ3v) is 12.0. The number of anilines is 3. The summed E-state index contributed by atoms with van der Waals surface area (Å²) in [6, 6.07) is 70.9. The Morgan fingerprint density at radius 3 is 1.94 bits per heavy atom. The Hall–Kier alpha value is -6.68. The molecule has 11 aromatic rings. The molecule has 0 radical (unpaired) electrons.